The van der Waals surface area contributed by atoms with Crippen molar-refractivity contribution in [1.29, 1.82) is 0 Å². The van der Waals surface area contributed by atoms with Gasteiger partial charge in [0.25, 0.3) is 0 Å². The van der Waals surface area contributed by atoms with E-state index >= 15 is 0 Å². The maximum Gasteiger partial charge on any atom is 0.408 e. The van der Waals surface area contributed by atoms with Gasteiger partial charge in [-0.25, -0.2) is 4.79 Å². The Morgan fingerprint density at radius 1 is 0.927 bits per heavy atom. The summed E-state index contributed by atoms with van der Waals surface area (Å²) in [6.45, 7) is 13.4. The second-order valence-corrected chi connectivity index (χ2v) is 11.1. The van der Waals surface area contributed by atoms with E-state index in [4.69, 9.17) is 4.74 Å². The summed E-state index contributed by atoms with van der Waals surface area (Å²) in [5, 5.41) is 5.79. The average molecular weight is 556 g/mol. The van der Waals surface area contributed by atoms with Crippen molar-refractivity contribution in [3.8, 4) is 0 Å². The van der Waals surface area contributed by atoms with Gasteiger partial charge in [-0.3, -0.25) is 9.59 Å². The third-order valence-corrected chi connectivity index (χ3v) is 6.48. The number of carbonyl (C=O) groups is 3. The Morgan fingerprint density at radius 2 is 1.54 bits per heavy atom. The third-order valence-electron chi connectivity index (χ3n) is 6.48. The molecule has 3 amide bonds. The summed E-state index contributed by atoms with van der Waals surface area (Å²) in [5.74, 6) is -0.742. The van der Waals surface area contributed by atoms with Gasteiger partial charge in [0.15, 0.2) is 0 Å². The molecule has 2 unspecified atom stereocenters. The van der Waals surface area contributed by atoms with E-state index in [2.05, 4.69) is 17.2 Å². The highest BCUT2D eigenvalue weighted by Crippen LogP contribution is 2.27. The molecule has 2 atom stereocenters. The van der Waals surface area contributed by atoms with Crippen LogP contribution >= 0.6 is 0 Å². The van der Waals surface area contributed by atoms with Crippen LogP contribution in [0.3, 0.4) is 0 Å². The summed E-state index contributed by atoms with van der Waals surface area (Å²) in [6.07, 6.45) is 1.10. The maximum atomic E-state index is 14.4. The molecule has 7 heteroatoms. The highest BCUT2D eigenvalue weighted by atomic mass is 16.6. The molecule has 216 valence electrons. The Labute approximate surface area is 243 Å². The van der Waals surface area contributed by atoms with Crippen LogP contribution in [-0.2, 0) is 27.3 Å². The van der Waals surface area contributed by atoms with Crippen LogP contribution in [0, 0.1) is 13.8 Å². The Balaban J connectivity index is 2.02. The molecule has 0 aliphatic heterocycles. The quantitative estimate of drug-likeness (QED) is 0.292. The number of alkyl carbamates (subject to hydrolysis) is 1. The summed E-state index contributed by atoms with van der Waals surface area (Å²) in [4.78, 5) is 42.7. The summed E-state index contributed by atoms with van der Waals surface area (Å²) in [5.41, 5.74) is 3.60. The second kappa shape index (κ2) is 14.3. The third kappa shape index (κ3) is 9.34. The van der Waals surface area contributed by atoms with E-state index in [1.54, 1.807) is 26.8 Å². The number of rotatable bonds is 11. The molecular formula is C34H41N3O4. The van der Waals surface area contributed by atoms with Gasteiger partial charge in [-0.05, 0) is 56.9 Å². The lowest BCUT2D eigenvalue weighted by molar-refractivity contribution is -0.141. The first-order valence-electron chi connectivity index (χ1n) is 13.8. The molecule has 0 radical (unpaired) electrons. The van der Waals surface area contributed by atoms with E-state index < -0.39 is 29.7 Å². The SMILES string of the molecule is C=CCN(C(=O)C(Cc1ccccc1)NC(=O)OC(C)(C)C)C(C(=O)NCc1ccccc1)c1cc(C)ccc1C. The fourth-order valence-corrected chi connectivity index (χ4v) is 4.55. The highest BCUT2D eigenvalue weighted by molar-refractivity contribution is 5.92. The summed E-state index contributed by atoms with van der Waals surface area (Å²) in [6, 6.07) is 22.9. The highest BCUT2D eigenvalue weighted by Gasteiger charge is 2.36. The molecule has 0 aliphatic carbocycles. The number of carbonyl (C=O) groups excluding carboxylic acids is 3. The van der Waals surface area contributed by atoms with Crippen molar-refractivity contribution >= 4 is 17.9 Å². The number of nitrogens with one attached hydrogen (secondary N) is 2. The summed E-state index contributed by atoms with van der Waals surface area (Å²) in [7, 11) is 0. The minimum atomic E-state index is -0.985. The van der Waals surface area contributed by atoms with Crippen molar-refractivity contribution in [2.75, 3.05) is 6.54 Å². The van der Waals surface area contributed by atoms with Crippen LogP contribution in [0.5, 0.6) is 0 Å². The molecule has 0 aliphatic rings. The topological polar surface area (TPSA) is 87.7 Å². The van der Waals surface area contributed by atoms with E-state index in [1.807, 2.05) is 92.7 Å². The summed E-state index contributed by atoms with van der Waals surface area (Å²) < 4.78 is 5.49. The van der Waals surface area contributed by atoms with Gasteiger partial charge in [-0.1, -0.05) is 90.5 Å². The molecule has 0 saturated carbocycles. The predicted octanol–water partition coefficient (Wildman–Crippen LogP) is 5.81. The fraction of sp³-hybridized carbons (Fsp3) is 0.324. The Bertz CT molecular complexity index is 1330. The van der Waals surface area contributed by atoms with Gasteiger partial charge in [0.1, 0.15) is 17.7 Å². The van der Waals surface area contributed by atoms with E-state index in [0.29, 0.717) is 12.1 Å². The molecule has 3 aromatic carbocycles. The minimum Gasteiger partial charge on any atom is -0.444 e. The Kier molecular flexibility index (Phi) is 10.9. The van der Waals surface area contributed by atoms with Gasteiger partial charge in [0, 0.05) is 19.5 Å². The van der Waals surface area contributed by atoms with Crippen LogP contribution < -0.4 is 10.6 Å². The molecule has 41 heavy (non-hydrogen) atoms. The number of aryl methyl sites for hydroxylation is 2. The zero-order valence-corrected chi connectivity index (χ0v) is 24.6. The first-order chi connectivity index (χ1) is 19.5. The molecule has 0 spiro atoms. The molecule has 2 N–H and O–H groups in total. The predicted molar refractivity (Wildman–Crippen MR) is 162 cm³/mol. The normalized spacial score (nSPS) is 12.5. The zero-order valence-electron chi connectivity index (χ0n) is 24.6. The van der Waals surface area contributed by atoms with Gasteiger partial charge < -0.3 is 20.3 Å². The largest absolute Gasteiger partial charge is 0.444 e. The van der Waals surface area contributed by atoms with Crippen molar-refractivity contribution < 1.29 is 19.1 Å². The number of nitrogens with zero attached hydrogens (tertiary/aromatic N) is 1. The number of hydrogen-bond acceptors (Lipinski definition) is 4. The molecule has 0 aromatic heterocycles. The molecule has 0 bridgehead atoms. The van der Waals surface area contributed by atoms with Crippen molar-refractivity contribution in [3.05, 3.63) is 119 Å². The number of ether oxygens (including phenoxy) is 1. The van der Waals surface area contributed by atoms with Crippen LogP contribution in [-0.4, -0.2) is 41.0 Å². The Hall–Kier alpha value is -4.39. The number of amides is 3. The van der Waals surface area contributed by atoms with E-state index in [0.717, 1.165) is 22.3 Å². The van der Waals surface area contributed by atoms with Gasteiger partial charge in [-0.2, -0.15) is 0 Å². The molecule has 3 rings (SSSR count). The molecule has 7 nitrogen and oxygen atoms in total. The number of hydrogen-bond donors (Lipinski definition) is 2. The summed E-state index contributed by atoms with van der Waals surface area (Å²) >= 11 is 0. The van der Waals surface area contributed by atoms with E-state index in [1.165, 1.54) is 4.90 Å². The minimum absolute atomic E-state index is 0.0942. The van der Waals surface area contributed by atoms with Crippen molar-refractivity contribution in [1.82, 2.24) is 15.5 Å². The van der Waals surface area contributed by atoms with Crippen LogP contribution in [0.25, 0.3) is 0 Å². The van der Waals surface area contributed by atoms with Gasteiger partial charge in [0.2, 0.25) is 11.8 Å². The van der Waals surface area contributed by atoms with Crippen LogP contribution in [0.4, 0.5) is 4.79 Å². The fourth-order valence-electron chi connectivity index (χ4n) is 4.55. The second-order valence-electron chi connectivity index (χ2n) is 11.1. The lowest BCUT2D eigenvalue weighted by Crippen LogP contribution is -2.54. The monoisotopic (exact) mass is 555 g/mol. The van der Waals surface area contributed by atoms with Crippen LogP contribution in [0.2, 0.25) is 0 Å². The van der Waals surface area contributed by atoms with Crippen LogP contribution in [0.1, 0.15) is 54.6 Å². The van der Waals surface area contributed by atoms with Crippen molar-refractivity contribution in [2.24, 2.45) is 0 Å². The molecule has 3 aromatic rings. The van der Waals surface area contributed by atoms with Gasteiger partial charge in [-0.15, -0.1) is 6.58 Å². The number of benzene rings is 3. The van der Waals surface area contributed by atoms with Crippen molar-refractivity contribution in [2.45, 2.75) is 65.3 Å². The molecular weight excluding hydrogens is 514 g/mol. The lowest BCUT2D eigenvalue weighted by Gasteiger charge is -2.34. The molecule has 0 heterocycles. The van der Waals surface area contributed by atoms with Gasteiger partial charge in [0.05, 0.1) is 0 Å². The first kappa shape index (κ1) is 31.1. The van der Waals surface area contributed by atoms with E-state index in [9.17, 15) is 14.4 Å². The van der Waals surface area contributed by atoms with Gasteiger partial charge >= 0.3 is 6.09 Å². The Morgan fingerprint density at radius 3 is 2.12 bits per heavy atom. The molecule has 0 saturated heterocycles. The standard InChI is InChI=1S/C34H41N3O4/c1-7-20-37(32(39)29(22-26-14-10-8-11-15-26)36-33(40)41-34(4,5)6)30(28-21-24(2)18-19-25(28)3)31(38)35-23-27-16-12-9-13-17-27/h7-19,21,29-30H,1,20,22-23H2,2-6H3,(H,35,38)(H,36,40). The first-order valence-corrected chi connectivity index (χ1v) is 13.8. The molecule has 0 fully saturated rings. The average Bonchev–Trinajstić information content (AvgIpc) is 2.93. The lowest BCUT2D eigenvalue weighted by atomic mass is 9.95. The smallest absolute Gasteiger partial charge is 0.408 e. The van der Waals surface area contributed by atoms with E-state index in [-0.39, 0.29) is 18.9 Å². The van der Waals surface area contributed by atoms with Crippen LogP contribution in [0.15, 0.2) is 91.5 Å². The zero-order chi connectivity index (χ0) is 30.0. The van der Waals surface area contributed by atoms with Crippen molar-refractivity contribution in [3.63, 3.8) is 0 Å². The maximum absolute atomic E-state index is 14.4.